The molecular formula is C18H16F3N3O5S. The highest BCUT2D eigenvalue weighted by atomic mass is 32.1. The van der Waals surface area contributed by atoms with Gasteiger partial charge in [-0.2, -0.15) is 18.4 Å². The predicted octanol–water partition coefficient (Wildman–Crippen LogP) is 3.68. The number of carboxylic acid groups (broad SMARTS) is 2. The summed E-state index contributed by atoms with van der Waals surface area (Å²) in [4.78, 5) is 34.6. The van der Waals surface area contributed by atoms with E-state index in [0.717, 1.165) is 0 Å². The van der Waals surface area contributed by atoms with E-state index < -0.39 is 18.1 Å². The molecule has 8 nitrogen and oxygen atoms in total. The van der Waals surface area contributed by atoms with Crippen molar-refractivity contribution in [2.45, 2.75) is 12.6 Å². The highest BCUT2D eigenvalue weighted by Gasteiger charge is 2.38. The van der Waals surface area contributed by atoms with Gasteiger partial charge in [0.25, 0.3) is 5.91 Å². The van der Waals surface area contributed by atoms with Crippen molar-refractivity contribution in [2.75, 3.05) is 23.8 Å². The highest BCUT2D eigenvalue weighted by molar-refractivity contribution is 7.12. The van der Waals surface area contributed by atoms with Gasteiger partial charge < -0.3 is 20.4 Å². The molecular weight excluding hydrogens is 427 g/mol. The Labute approximate surface area is 172 Å². The van der Waals surface area contributed by atoms with E-state index in [1.54, 1.807) is 41.6 Å². The molecule has 30 heavy (non-hydrogen) atoms. The number of hydrogen-bond donors (Lipinski definition) is 3. The third kappa shape index (κ3) is 7.44. The van der Waals surface area contributed by atoms with E-state index in [1.165, 1.54) is 17.4 Å². The molecule has 1 amide bonds. The first-order valence-corrected chi connectivity index (χ1v) is 8.95. The molecule has 3 N–H and O–H groups in total. The van der Waals surface area contributed by atoms with Crippen LogP contribution in [0.5, 0.6) is 0 Å². The van der Waals surface area contributed by atoms with E-state index in [9.17, 15) is 27.9 Å². The first-order valence-electron chi connectivity index (χ1n) is 8.07. The van der Waals surface area contributed by atoms with Gasteiger partial charge in [-0.1, -0.05) is 6.07 Å². The molecule has 0 bridgehead atoms. The normalized spacial score (nSPS) is 10.2. The van der Waals surface area contributed by atoms with Crippen molar-refractivity contribution in [3.63, 3.8) is 0 Å². The minimum Gasteiger partial charge on any atom is -0.478 e. The number of nitrogens with one attached hydrogen (secondary N) is 1. The number of hydrogen-bond acceptors (Lipinski definition) is 6. The molecule has 160 valence electrons. The van der Waals surface area contributed by atoms with Crippen LogP contribution in [0.4, 0.5) is 24.5 Å². The van der Waals surface area contributed by atoms with Gasteiger partial charge in [0.2, 0.25) is 0 Å². The van der Waals surface area contributed by atoms with Crippen molar-refractivity contribution in [2.24, 2.45) is 0 Å². The molecule has 0 aliphatic carbocycles. The number of carbonyl (C=O) groups is 3. The Bertz CT molecular complexity index is 940. The van der Waals surface area contributed by atoms with Crippen LogP contribution in [0.3, 0.4) is 0 Å². The average Bonchev–Trinajstić information content (AvgIpc) is 3.20. The summed E-state index contributed by atoms with van der Waals surface area (Å²) < 4.78 is 31.7. The maximum atomic E-state index is 12.0. The van der Waals surface area contributed by atoms with Crippen molar-refractivity contribution in [1.29, 1.82) is 5.26 Å². The second-order valence-electron chi connectivity index (χ2n) is 5.60. The third-order valence-electron chi connectivity index (χ3n) is 3.44. The lowest BCUT2D eigenvalue weighted by atomic mass is 10.1. The fourth-order valence-corrected chi connectivity index (χ4v) is 2.68. The Morgan fingerprint density at radius 1 is 1.23 bits per heavy atom. The van der Waals surface area contributed by atoms with Crippen LogP contribution < -0.4 is 10.2 Å². The Hall–Kier alpha value is -3.59. The maximum absolute atomic E-state index is 12.0. The summed E-state index contributed by atoms with van der Waals surface area (Å²) in [6, 6.07) is 10.2. The number of anilines is 2. The van der Waals surface area contributed by atoms with Gasteiger partial charge in [0.1, 0.15) is 0 Å². The summed E-state index contributed by atoms with van der Waals surface area (Å²) in [6.45, 7) is 0.428. The third-order valence-corrected chi connectivity index (χ3v) is 4.31. The lowest BCUT2D eigenvalue weighted by molar-refractivity contribution is -0.192. The molecule has 12 heteroatoms. The molecule has 0 saturated heterocycles. The van der Waals surface area contributed by atoms with Gasteiger partial charge in [-0.3, -0.25) is 4.79 Å². The number of amides is 1. The number of carbonyl (C=O) groups excluding carboxylic acids is 1. The Balaban J connectivity index is 0.000000553. The topological polar surface area (TPSA) is 131 Å². The number of rotatable bonds is 6. The summed E-state index contributed by atoms with van der Waals surface area (Å²) in [5, 5.41) is 29.6. The standard InChI is InChI=1S/C16H15N3O3S.C2HF3O2/c1-19(8-3-7-17)13-6-5-11(10-12(13)16(21)22)18-15(20)14-4-2-9-23-14;3-2(4,5)1(6)7/h2,4-6,9-10H,3,8H2,1H3,(H,18,20)(H,21,22);(H,6,7). The van der Waals surface area contributed by atoms with Gasteiger partial charge in [-0.15, -0.1) is 11.3 Å². The summed E-state index contributed by atoms with van der Waals surface area (Å²) in [5.74, 6) is -4.12. The van der Waals surface area contributed by atoms with Crippen molar-refractivity contribution in [3.8, 4) is 6.07 Å². The van der Waals surface area contributed by atoms with Crippen LogP contribution in [0, 0.1) is 11.3 Å². The van der Waals surface area contributed by atoms with E-state index in [-0.39, 0.29) is 11.5 Å². The second kappa shape index (κ2) is 10.8. The number of benzene rings is 1. The molecule has 0 aliphatic rings. The summed E-state index contributed by atoms with van der Waals surface area (Å²) in [6.07, 6.45) is -4.79. The Kier molecular flexibility index (Phi) is 8.82. The summed E-state index contributed by atoms with van der Waals surface area (Å²) >= 11 is 1.31. The molecule has 0 saturated carbocycles. The minimum atomic E-state index is -5.08. The predicted molar refractivity (Wildman–Crippen MR) is 103 cm³/mol. The van der Waals surface area contributed by atoms with Crippen molar-refractivity contribution < 1.29 is 37.8 Å². The van der Waals surface area contributed by atoms with E-state index >= 15 is 0 Å². The molecule has 1 heterocycles. The zero-order valence-electron chi connectivity index (χ0n) is 15.4. The van der Waals surface area contributed by atoms with Crippen LogP contribution in [0.1, 0.15) is 26.5 Å². The Morgan fingerprint density at radius 2 is 1.87 bits per heavy atom. The molecule has 0 fully saturated rings. The van der Waals surface area contributed by atoms with Crippen LogP contribution in [0.2, 0.25) is 0 Å². The monoisotopic (exact) mass is 443 g/mol. The fraction of sp³-hybridized carbons (Fsp3) is 0.222. The van der Waals surface area contributed by atoms with Crippen LogP contribution in [0.25, 0.3) is 0 Å². The minimum absolute atomic E-state index is 0.0782. The molecule has 0 aliphatic heterocycles. The van der Waals surface area contributed by atoms with Gasteiger partial charge in [-0.05, 0) is 29.6 Å². The fourth-order valence-electron chi connectivity index (χ4n) is 2.06. The van der Waals surface area contributed by atoms with Gasteiger partial charge in [-0.25, -0.2) is 9.59 Å². The molecule has 0 atom stereocenters. The zero-order chi connectivity index (χ0) is 22.9. The molecule has 2 rings (SSSR count). The van der Waals surface area contributed by atoms with E-state index in [4.69, 9.17) is 15.2 Å². The smallest absolute Gasteiger partial charge is 0.478 e. The number of thiophene rings is 1. The number of halogens is 3. The number of nitrogens with zero attached hydrogens (tertiary/aromatic N) is 2. The van der Waals surface area contributed by atoms with Gasteiger partial charge in [0.05, 0.1) is 28.6 Å². The molecule has 0 unspecified atom stereocenters. The van der Waals surface area contributed by atoms with Crippen molar-refractivity contribution >= 4 is 40.6 Å². The van der Waals surface area contributed by atoms with Gasteiger partial charge >= 0.3 is 18.1 Å². The highest BCUT2D eigenvalue weighted by Crippen LogP contribution is 2.24. The number of nitriles is 1. The van der Waals surface area contributed by atoms with Gasteiger partial charge in [0.15, 0.2) is 0 Å². The number of alkyl halides is 3. The number of aromatic carboxylic acids is 1. The maximum Gasteiger partial charge on any atom is 0.490 e. The van der Waals surface area contributed by atoms with Crippen LogP contribution in [0.15, 0.2) is 35.7 Å². The largest absolute Gasteiger partial charge is 0.490 e. The van der Waals surface area contributed by atoms with E-state index in [1.807, 2.05) is 6.07 Å². The van der Waals surface area contributed by atoms with Crippen LogP contribution in [-0.2, 0) is 4.79 Å². The van der Waals surface area contributed by atoms with E-state index in [2.05, 4.69) is 5.32 Å². The lowest BCUT2D eigenvalue weighted by Crippen LogP contribution is -2.21. The molecule has 0 radical (unpaired) electrons. The molecule has 0 spiro atoms. The van der Waals surface area contributed by atoms with Crippen molar-refractivity contribution in [3.05, 3.63) is 46.2 Å². The molecule has 1 aromatic heterocycles. The molecule has 1 aromatic carbocycles. The first-order chi connectivity index (χ1) is 14.0. The second-order valence-corrected chi connectivity index (χ2v) is 6.55. The van der Waals surface area contributed by atoms with Gasteiger partial charge in [0, 0.05) is 19.3 Å². The van der Waals surface area contributed by atoms with Crippen molar-refractivity contribution in [1.82, 2.24) is 0 Å². The summed E-state index contributed by atoms with van der Waals surface area (Å²) in [7, 11) is 1.73. The van der Waals surface area contributed by atoms with E-state index in [0.29, 0.717) is 29.2 Å². The Morgan fingerprint density at radius 3 is 2.33 bits per heavy atom. The lowest BCUT2D eigenvalue weighted by Gasteiger charge is -2.20. The molecule has 2 aromatic rings. The zero-order valence-corrected chi connectivity index (χ0v) is 16.3. The summed E-state index contributed by atoms with van der Waals surface area (Å²) in [5.41, 5.74) is 0.995. The number of aliphatic carboxylic acids is 1. The first kappa shape index (κ1) is 24.4. The number of carboxylic acids is 2. The average molecular weight is 443 g/mol. The quantitative estimate of drug-likeness (QED) is 0.621. The SMILES string of the molecule is CN(CCC#N)c1ccc(NC(=O)c2cccs2)cc1C(=O)O.O=C(O)C(F)(F)F. The van der Waals surface area contributed by atoms with Crippen LogP contribution in [-0.4, -0.2) is 47.8 Å². The van der Waals surface area contributed by atoms with Crippen LogP contribution >= 0.6 is 11.3 Å².